The lowest BCUT2D eigenvalue weighted by Crippen LogP contribution is -2.33. The highest BCUT2D eigenvalue weighted by atomic mass is 33.1. The Balaban J connectivity index is 1.37. The van der Waals surface area contributed by atoms with Gasteiger partial charge < -0.3 is 14.2 Å². The van der Waals surface area contributed by atoms with Crippen LogP contribution in [0.15, 0.2) is 95.9 Å². The minimum absolute atomic E-state index is 0.351. The maximum absolute atomic E-state index is 12.9. The molecule has 0 amide bonds. The molecule has 0 saturated carbocycles. The molecule has 4 nitrogen and oxygen atoms in total. The smallest absolute Gasteiger partial charge is 0.340 e. The number of hydrogen-bond donors (Lipinski definition) is 0. The van der Waals surface area contributed by atoms with E-state index in [4.69, 9.17) is 26.4 Å². The quantitative estimate of drug-likeness (QED) is 0.158. The fourth-order valence-corrected chi connectivity index (χ4v) is 6.39. The van der Waals surface area contributed by atoms with Gasteiger partial charge >= 0.3 is 5.97 Å². The van der Waals surface area contributed by atoms with E-state index in [2.05, 4.69) is 0 Å². The normalized spacial score (nSPS) is 17.1. The molecular formula is C28H18O4S3. The molecule has 0 N–H and O–H groups in total. The number of hydrogen-bond acceptors (Lipinski definition) is 7. The second-order valence-electron chi connectivity index (χ2n) is 8.21. The monoisotopic (exact) mass is 514 g/mol. The highest BCUT2D eigenvalue weighted by molar-refractivity contribution is 8.83. The highest BCUT2D eigenvalue weighted by Gasteiger charge is 2.53. The van der Waals surface area contributed by atoms with Crippen LogP contribution >= 0.6 is 33.8 Å². The Morgan fingerprint density at radius 1 is 0.857 bits per heavy atom. The molecule has 1 unspecified atom stereocenters. The number of esters is 1. The van der Waals surface area contributed by atoms with Crippen molar-refractivity contribution in [2.45, 2.75) is 17.4 Å². The molecule has 35 heavy (non-hydrogen) atoms. The van der Waals surface area contributed by atoms with Crippen LogP contribution in [0.25, 0.3) is 0 Å². The van der Waals surface area contributed by atoms with E-state index in [0.717, 1.165) is 27.1 Å². The molecule has 1 atom stereocenters. The minimum Gasteiger partial charge on any atom is -0.456 e. The second kappa shape index (κ2) is 8.75. The van der Waals surface area contributed by atoms with Gasteiger partial charge in [-0.25, -0.2) is 4.79 Å². The molecule has 2 heterocycles. The first-order valence-electron chi connectivity index (χ1n) is 10.9. The van der Waals surface area contributed by atoms with Crippen LogP contribution in [0, 0.1) is 6.92 Å². The summed E-state index contributed by atoms with van der Waals surface area (Å²) >= 11 is 5.45. The van der Waals surface area contributed by atoms with Crippen molar-refractivity contribution in [3.63, 3.8) is 0 Å². The highest BCUT2D eigenvalue weighted by Crippen LogP contribution is 2.56. The maximum Gasteiger partial charge on any atom is 0.340 e. The average Bonchev–Trinajstić information content (AvgIpc) is 3.16. The van der Waals surface area contributed by atoms with Crippen LogP contribution in [0.4, 0.5) is 0 Å². The van der Waals surface area contributed by atoms with Gasteiger partial charge in [-0.2, -0.15) is 0 Å². The molecule has 2 aliphatic rings. The molecule has 0 bridgehead atoms. The van der Waals surface area contributed by atoms with Gasteiger partial charge in [-0.1, -0.05) is 48.5 Å². The number of ether oxygens (including phenoxy) is 3. The Morgan fingerprint density at radius 3 is 2.40 bits per heavy atom. The van der Waals surface area contributed by atoms with Gasteiger partial charge in [0.2, 0.25) is 4.38 Å². The third kappa shape index (κ3) is 3.80. The summed E-state index contributed by atoms with van der Waals surface area (Å²) in [5.74, 6) is 1.42. The van der Waals surface area contributed by atoms with Crippen molar-refractivity contribution in [3.05, 3.63) is 119 Å². The van der Waals surface area contributed by atoms with E-state index in [0.29, 0.717) is 27.2 Å². The SMILES string of the molecule is Cc1ccc2c(c1)Oc1cc(OC(=S)SSc3ccccc3)ccc1C21OC(=O)c2ccccc21. The third-order valence-electron chi connectivity index (χ3n) is 5.99. The lowest BCUT2D eigenvalue weighted by Gasteiger charge is -2.36. The fourth-order valence-electron chi connectivity index (χ4n) is 4.50. The van der Waals surface area contributed by atoms with E-state index in [1.54, 1.807) is 12.1 Å². The van der Waals surface area contributed by atoms with Crippen LogP contribution in [-0.2, 0) is 10.3 Å². The van der Waals surface area contributed by atoms with Crippen molar-refractivity contribution in [2.75, 3.05) is 0 Å². The average molecular weight is 515 g/mol. The summed E-state index contributed by atoms with van der Waals surface area (Å²) in [6, 6.07) is 28.9. The molecule has 6 rings (SSSR count). The van der Waals surface area contributed by atoms with Crippen LogP contribution < -0.4 is 9.47 Å². The van der Waals surface area contributed by atoms with Gasteiger partial charge in [-0.05, 0) is 82.7 Å². The van der Waals surface area contributed by atoms with Gasteiger partial charge in [0.25, 0.3) is 0 Å². The lowest BCUT2D eigenvalue weighted by atomic mass is 9.77. The standard InChI is InChI=1S/C28H18O4S3/c1-17-11-13-22-24(15-17)31-25-16-18(30-27(33)35-34-19-7-3-2-4-8-19)12-14-23(25)28(22)21-10-6-5-9-20(21)26(29)32-28/h2-16H,1H3. The minimum atomic E-state index is -1.08. The van der Waals surface area contributed by atoms with Crippen molar-refractivity contribution in [2.24, 2.45) is 0 Å². The van der Waals surface area contributed by atoms with Crippen LogP contribution in [-0.4, -0.2) is 10.4 Å². The van der Waals surface area contributed by atoms with Gasteiger partial charge in [0.15, 0.2) is 5.60 Å². The van der Waals surface area contributed by atoms with Crippen LogP contribution in [0.2, 0.25) is 0 Å². The first kappa shape index (κ1) is 22.2. The lowest BCUT2D eigenvalue weighted by molar-refractivity contribution is 0.0224. The van der Waals surface area contributed by atoms with Crippen LogP contribution in [0.1, 0.15) is 32.6 Å². The van der Waals surface area contributed by atoms with Crippen molar-refractivity contribution in [1.29, 1.82) is 0 Å². The van der Waals surface area contributed by atoms with E-state index in [1.807, 2.05) is 85.8 Å². The Hall–Kier alpha value is -3.26. The largest absolute Gasteiger partial charge is 0.456 e. The molecule has 7 heteroatoms. The van der Waals surface area contributed by atoms with E-state index >= 15 is 0 Å². The van der Waals surface area contributed by atoms with E-state index in [-0.39, 0.29) is 5.97 Å². The van der Waals surface area contributed by atoms with Crippen molar-refractivity contribution in [3.8, 4) is 17.2 Å². The van der Waals surface area contributed by atoms with Gasteiger partial charge in [0, 0.05) is 27.7 Å². The number of rotatable bonds is 3. The number of carbonyl (C=O) groups excluding carboxylic acids is 1. The molecule has 4 aromatic rings. The molecule has 2 aliphatic heterocycles. The number of carbonyl (C=O) groups is 1. The van der Waals surface area contributed by atoms with Crippen LogP contribution in [0.3, 0.4) is 0 Å². The molecule has 0 radical (unpaired) electrons. The Kier molecular flexibility index (Phi) is 5.56. The maximum atomic E-state index is 12.9. The Morgan fingerprint density at radius 2 is 1.57 bits per heavy atom. The summed E-state index contributed by atoms with van der Waals surface area (Å²) < 4.78 is 18.8. The predicted molar refractivity (Wildman–Crippen MR) is 143 cm³/mol. The molecule has 0 fully saturated rings. The Labute approximate surface area is 216 Å². The predicted octanol–water partition coefficient (Wildman–Crippen LogP) is 7.67. The zero-order chi connectivity index (χ0) is 24.0. The van der Waals surface area contributed by atoms with E-state index in [1.165, 1.54) is 21.6 Å². The number of aryl methyl sites for hydroxylation is 1. The molecule has 1 spiro atoms. The first-order valence-corrected chi connectivity index (χ1v) is 13.5. The molecule has 172 valence electrons. The van der Waals surface area contributed by atoms with Gasteiger partial charge in [-0.3, -0.25) is 0 Å². The zero-order valence-electron chi connectivity index (χ0n) is 18.5. The topological polar surface area (TPSA) is 44.8 Å². The van der Waals surface area contributed by atoms with E-state index < -0.39 is 5.60 Å². The third-order valence-corrected chi connectivity index (χ3v) is 8.69. The fraction of sp³-hybridized carbons (Fsp3) is 0.0714. The van der Waals surface area contributed by atoms with Crippen molar-refractivity contribution >= 4 is 44.2 Å². The van der Waals surface area contributed by atoms with Crippen molar-refractivity contribution in [1.82, 2.24) is 0 Å². The van der Waals surface area contributed by atoms with Gasteiger partial charge in [0.1, 0.15) is 17.2 Å². The number of benzene rings is 4. The summed E-state index contributed by atoms with van der Waals surface area (Å²) in [5, 5.41) is 0. The molecule has 4 aromatic carbocycles. The summed E-state index contributed by atoms with van der Waals surface area (Å²) in [6.45, 7) is 2.00. The summed E-state index contributed by atoms with van der Waals surface area (Å²) in [5.41, 5.74) is 2.87. The molecular weight excluding hydrogens is 497 g/mol. The number of thiocarbonyl (C=S) groups is 1. The van der Waals surface area contributed by atoms with Crippen LogP contribution in [0.5, 0.6) is 17.2 Å². The zero-order valence-corrected chi connectivity index (χ0v) is 21.0. The summed E-state index contributed by atoms with van der Waals surface area (Å²) in [4.78, 5) is 14.0. The van der Waals surface area contributed by atoms with Gasteiger partial charge in [-0.15, -0.1) is 0 Å². The summed E-state index contributed by atoms with van der Waals surface area (Å²) in [6.07, 6.45) is 0. The van der Waals surface area contributed by atoms with Crippen molar-refractivity contribution < 1.29 is 19.0 Å². The molecule has 0 aliphatic carbocycles. The van der Waals surface area contributed by atoms with Gasteiger partial charge in [0.05, 0.1) is 5.56 Å². The molecule has 0 saturated heterocycles. The summed E-state index contributed by atoms with van der Waals surface area (Å²) in [7, 11) is 2.92. The number of fused-ring (bicyclic) bond motifs is 6. The second-order valence-corrected chi connectivity index (χ2v) is 11.0. The van der Waals surface area contributed by atoms with E-state index in [9.17, 15) is 4.79 Å². The first-order chi connectivity index (χ1) is 17.0. The Bertz CT molecular complexity index is 1490. The molecule has 0 aromatic heterocycles.